The van der Waals surface area contributed by atoms with Gasteiger partial charge in [0.2, 0.25) is 5.91 Å². The van der Waals surface area contributed by atoms with Gasteiger partial charge in [0.25, 0.3) is 0 Å². The minimum absolute atomic E-state index is 0.0576. The van der Waals surface area contributed by atoms with Crippen LogP contribution in [-0.4, -0.2) is 41.3 Å². The molecule has 0 aliphatic carbocycles. The van der Waals surface area contributed by atoms with Gasteiger partial charge in [0.05, 0.1) is 6.04 Å². The Morgan fingerprint density at radius 2 is 2.50 bits per heavy atom. The molecule has 1 aliphatic rings. The summed E-state index contributed by atoms with van der Waals surface area (Å²) in [6.07, 6.45) is 5.48. The molecule has 0 aromatic carbocycles. The number of aromatic nitrogens is 2. The third kappa shape index (κ3) is 3.66. The van der Waals surface area contributed by atoms with Crippen molar-refractivity contribution in [2.75, 3.05) is 18.0 Å². The molecule has 1 aromatic rings. The first kappa shape index (κ1) is 14.7. The molecule has 0 spiro atoms. The van der Waals surface area contributed by atoms with Crippen LogP contribution in [0.25, 0.3) is 0 Å². The van der Waals surface area contributed by atoms with Gasteiger partial charge >= 0.3 is 0 Å². The summed E-state index contributed by atoms with van der Waals surface area (Å²) in [6, 6.07) is 3.72. The van der Waals surface area contributed by atoms with E-state index in [2.05, 4.69) is 20.4 Å². The van der Waals surface area contributed by atoms with E-state index in [0.29, 0.717) is 6.54 Å². The molecule has 6 nitrogen and oxygen atoms in total. The fourth-order valence-electron chi connectivity index (χ4n) is 2.59. The molecule has 1 aliphatic heterocycles. The van der Waals surface area contributed by atoms with Gasteiger partial charge in [-0.05, 0) is 31.4 Å². The zero-order valence-electron chi connectivity index (χ0n) is 12.0. The summed E-state index contributed by atoms with van der Waals surface area (Å²) in [5.41, 5.74) is 5.81. The molecule has 6 heteroatoms. The van der Waals surface area contributed by atoms with E-state index in [9.17, 15) is 4.79 Å². The molecule has 2 atom stereocenters. The summed E-state index contributed by atoms with van der Waals surface area (Å²) in [7, 11) is 0. The number of carbonyl (C=O) groups excluding carboxylic acids is 1. The van der Waals surface area contributed by atoms with Crippen molar-refractivity contribution in [3.8, 4) is 0 Å². The molecule has 3 N–H and O–H groups in total. The third-order valence-corrected chi connectivity index (χ3v) is 3.68. The summed E-state index contributed by atoms with van der Waals surface area (Å²) in [4.78, 5) is 14.1. The van der Waals surface area contributed by atoms with Gasteiger partial charge in [-0.15, -0.1) is 5.10 Å². The number of nitrogens with one attached hydrogen (secondary N) is 1. The largest absolute Gasteiger partial charge is 0.353 e. The van der Waals surface area contributed by atoms with Crippen molar-refractivity contribution in [1.82, 2.24) is 15.5 Å². The number of nitrogens with two attached hydrogens (primary N) is 1. The number of nitrogens with zero attached hydrogens (tertiary/aromatic N) is 3. The lowest BCUT2D eigenvalue weighted by molar-refractivity contribution is -0.122. The lowest BCUT2D eigenvalue weighted by Crippen LogP contribution is -2.46. The normalized spacial score (nSPS) is 19.9. The second-order valence-electron chi connectivity index (χ2n) is 5.21. The Balaban J connectivity index is 1.87. The Morgan fingerprint density at radius 1 is 1.65 bits per heavy atom. The monoisotopic (exact) mass is 277 g/mol. The Kier molecular flexibility index (Phi) is 5.29. The summed E-state index contributed by atoms with van der Waals surface area (Å²) in [5, 5.41) is 11.0. The molecule has 1 aromatic heterocycles. The van der Waals surface area contributed by atoms with Gasteiger partial charge < -0.3 is 16.0 Å². The van der Waals surface area contributed by atoms with E-state index in [1.807, 2.05) is 19.1 Å². The van der Waals surface area contributed by atoms with E-state index in [0.717, 1.165) is 38.0 Å². The first-order valence-corrected chi connectivity index (χ1v) is 7.30. The van der Waals surface area contributed by atoms with Gasteiger partial charge in [0, 0.05) is 25.3 Å². The number of amides is 1. The molecule has 2 rings (SSSR count). The van der Waals surface area contributed by atoms with Crippen molar-refractivity contribution >= 4 is 11.7 Å². The SMILES string of the molecule is CCCC(N)C(=O)NCC1CCCN1c1cccnn1. The molecule has 1 saturated heterocycles. The van der Waals surface area contributed by atoms with E-state index < -0.39 is 6.04 Å². The van der Waals surface area contributed by atoms with Crippen LogP contribution in [0, 0.1) is 0 Å². The predicted octanol–water partition coefficient (Wildman–Crippen LogP) is 0.689. The van der Waals surface area contributed by atoms with Crippen molar-refractivity contribution < 1.29 is 4.79 Å². The average molecular weight is 277 g/mol. The summed E-state index contributed by atoms with van der Waals surface area (Å²) in [6.45, 7) is 3.60. The number of anilines is 1. The molecule has 110 valence electrons. The van der Waals surface area contributed by atoms with E-state index >= 15 is 0 Å². The molecule has 2 heterocycles. The summed E-state index contributed by atoms with van der Waals surface area (Å²) in [5.74, 6) is 0.819. The minimum Gasteiger partial charge on any atom is -0.353 e. The van der Waals surface area contributed by atoms with Crippen LogP contribution in [0.5, 0.6) is 0 Å². The maximum atomic E-state index is 11.9. The van der Waals surface area contributed by atoms with Gasteiger partial charge in [0.1, 0.15) is 0 Å². The van der Waals surface area contributed by atoms with Crippen LogP contribution in [-0.2, 0) is 4.79 Å². The van der Waals surface area contributed by atoms with E-state index in [-0.39, 0.29) is 11.9 Å². The van der Waals surface area contributed by atoms with Gasteiger partial charge in [-0.2, -0.15) is 5.10 Å². The van der Waals surface area contributed by atoms with Gasteiger partial charge in [-0.1, -0.05) is 13.3 Å². The van der Waals surface area contributed by atoms with E-state index in [4.69, 9.17) is 5.73 Å². The highest BCUT2D eigenvalue weighted by Gasteiger charge is 2.26. The lowest BCUT2D eigenvalue weighted by Gasteiger charge is -2.25. The first-order valence-electron chi connectivity index (χ1n) is 7.30. The van der Waals surface area contributed by atoms with Crippen molar-refractivity contribution in [3.05, 3.63) is 18.3 Å². The number of hydrogen-bond donors (Lipinski definition) is 2. The number of carbonyl (C=O) groups is 1. The second-order valence-corrected chi connectivity index (χ2v) is 5.21. The quantitative estimate of drug-likeness (QED) is 0.799. The standard InChI is InChI=1S/C14H23N5O/c1-2-5-12(15)14(20)16-10-11-6-4-9-19(11)13-7-3-8-17-18-13/h3,7-8,11-12H,2,4-6,9-10,15H2,1H3,(H,16,20). The Labute approximate surface area is 119 Å². The molecule has 0 saturated carbocycles. The fraction of sp³-hybridized carbons (Fsp3) is 0.643. The number of hydrogen-bond acceptors (Lipinski definition) is 5. The zero-order valence-corrected chi connectivity index (χ0v) is 12.0. The Bertz CT molecular complexity index is 425. The van der Waals surface area contributed by atoms with Crippen molar-refractivity contribution in [3.63, 3.8) is 0 Å². The fourth-order valence-corrected chi connectivity index (χ4v) is 2.59. The van der Waals surface area contributed by atoms with Crippen LogP contribution in [0.3, 0.4) is 0 Å². The van der Waals surface area contributed by atoms with Gasteiger partial charge in [0.15, 0.2) is 5.82 Å². The van der Waals surface area contributed by atoms with Crippen molar-refractivity contribution in [2.45, 2.75) is 44.7 Å². The lowest BCUT2D eigenvalue weighted by atomic mass is 10.1. The Hall–Kier alpha value is -1.69. The molecule has 1 fully saturated rings. The van der Waals surface area contributed by atoms with E-state index in [1.54, 1.807) is 6.20 Å². The van der Waals surface area contributed by atoms with Crippen LogP contribution < -0.4 is 16.0 Å². The highest BCUT2D eigenvalue weighted by atomic mass is 16.2. The van der Waals surface area contributed by atoms with Crippen molar-refractivity contribution in [1.29, 1.82) is 0 Å². The van der Waals surface area contributed by atoms with Crippen LogP contribution in [0.15, 0.2) is 18.3 Å². The number of rotatable bonds is 6. The third-order valence-electron chi connectivity index (χ3n) is 3.68. The molecule has 20 heavy (non-hydrogen) atoms. The highest BCUT2D eigenvalue weighted by molar-refractivity contribution is 5.81. The maximum Gasteiger partial charge on any atom is 0.236 e. The minimum atomic E-state index is -0.397. The average Bonchev–Trinajstić information content (AvgIpc) is 2.94. The molecule has 0 radical (unpaired) electrons. The van der Waals surface area contributed by atoms with Gasteiger partial charge in [-0.3, -0.25) is 4.79 Å². The van der Waals surface area contributed by atoms with Crippen LogP contribution in [0.4, 0.5) is 5.82 Å². The molecule has 0 bridgehead atoms. The molecule has 2 unspecified atom stereocenters. The molecule has 1 amide bonds. The van der Waals surface area contributed by atoms with E-state index in [1.165, 1.54) is 0 Å². The van der Waals surface area contributed by atoms with Crippen LogP contribution in [0.1, 0.15) is 32.6 Å². The molecular formula is C14H23N5O. The van der Waals surface area contributed by atoms with Crippen LogP contribution in [0.2, 0.25) is 0 Å². The zero-order chi connectivity index (χ0) is 14.4. The smallest absolute Gasteiger partial charge is 0.236 e. The van der Waals surface area contributed by atoms with Crippen LogP contribution >= 0.6 is 0 Å². The maximum absolute atomic E-state index is 11.9. The predicted molar refractivity (Wildman–Crippen MR) is 78.3 cm³/mol. The Morgan fingerprint density at radius 3 is 3.20 bits per heavy atom. The summed E-state index contributed by atoms with van der Waals surface area (Å²) >= 11 is 0. The first-order chi connectivity index (χ1) is 9.72. The highest BCUT2D eigenvalue weighted by Crippen LogP contribution is 2.22. The van der Waals surface area contributed by atoms with Gasteiger partial charge in [-0.25, -0.2) is 0 Å². The topological polar surface area (TPSA) is 84.1 Å². The van der Waals surface area contributed by atoms with Crippen molar-refractivity contribution in [2.24, 2.45) is 5.73 Å². The second kappa shape index (κ2) is 7.19. The summed E-state index contributed by atoms with van der Waals surface area (Å²) < 4.78 is 0. The molecular weight excluding hydrogens is 254 g/mol.